The van der Waals surface area contributed by atoms with Crippen molar-refractivity contribution in [1.29, 1.82) is 0 Å². The molecule has 3 atom stereocenters. The molecule has 1 aliphatic heterocycles. The first kappa shape index (κ1) is 12.6. The van der Waals surface area contributed by atoms with Crippen LogP contribution in [0.25, 0.3) is 0 Å². The fourth-order valence-corrected chi connectivity index (χ4v) is 4.64. The third kappa shape index (κ3) is 2.33. The van der Waals surface area contributed by atoms with E-state index in [0.29, 0.717) is 6.04 Å². The number of thiazole rings is 1. The Balaban J connectivity index is 1.67. The van der Waals surface area contributed by atoms with Gasteiger partial charge in [-0.25, -0.2) is 4.98 Å². The van der Waals surface area contributed by atoms with Crippen molar-refractivity contribution in [1.82, 2.24) is 9.88 Å². The number of nitrogens with two attached hydrogens (primary N) is 1. The van der Waals surface area contributed by atoms with Crippen molar-refractivity contribution in [3.63, 3.8) is 0 Å². The van der Waals surface area contributed by atoms with Crippen LogP contribution in [0.4, 0.5) is 0 Å². The maximum Gasteiger partial charge on any atom is 0.0900 e. The summed E-state index contributed by atoms with van der Waals surface area (Å²) in [5.41, 5.74) is 7.49. The van der Waals surface area contributed by atoms with Crippen LogP contribution in [0, 0.1) is 25.7 Å². The number of likely N-dealkylation sites (tertiary alicyclic amines) is 1. The van der Waals surface area contributed by atoms with Gasteiger partial charge in [0.15, 0.2) is 0 Å². The molecule has 1 saturated carbocycles. The summed E-state index contributed by atoms with van der Waals surface area (Å²) in [6, 6.07) is 0.443. The summed E-state index contributed by atoms with van der Waals surface area (Å²) in [5, 5.41) is 1.19. The Labute approximate surface area is 113 Å². The van der Waals surface area contributed by atoms with E-state index in [2.05, 4.69) is 23.7 Å². The van der Waals surface area contributed by atoms with Crippen LogP contribution >= 0.6 is 11.3 Å². The Morgan fingerprint density at radius 2 is 2.17 bits per heavy atom. The standard InChI is InChI=1S/C14H23N3S/c1-9-14(18-10(2)16-9)8-17-6-11-4-3-5-13(15)12(11)7-17/h11-13H,3-8,15H2,1-2H3. The zero-order valence-corrected chi connectivity index (χ0v) is 12.2. The molecule has 1 aromatic rings. The molecule has 0 spiro atoms. The van der Waals surface area contributed by atoms with Gasteiger partial charge in [-0.3, -0.25) is 4.90 Å². The van der Waals surface area contributed by atoms with Gasteiger partial charge in [-0.15, -0.1) is 11.3 Å². The molecule has 18 heavy (non-hydrogen) atoms. The molecule has 2 heterocycles. The number of hydrogen-bond acceptors (Lipinski definition) is 4. The van der Waals surface area contributed by atoms with Crippen LogP contribution < -0.4 is 5.73 Å². The molecular weight excluding hydrogens is 242 g/mol. The Morgan fingerprint density at radius 3 is 2.83 bits per heavy atom. The van der Waals surface area contributed by atoms with Crippen molar-refractivity contribution in [3.05, 3.63) is 15.6 Å². The van der Waals surface area contributed by atoms with Gasteiger partial charge < -0.3 is 5.73 Å². The topological polar surface area (TPSA) is 42.2 Å². The summed E-state index contributed by atoms with van der Waals surface area (Å²) in [6.07, 6.45) is 3.94. The third-order valence-electron chi connectivity index (χ3n) is 4.60. The van der Waals surface area contributed by atoms with Crippen LogP contribution in [-0.2, 0) is 6.54 Å². The summed E-state index contributed by atoms with van der Waals surface area (Å²) in [7, 11) is 0. The summed E-state index contributed by atoms with van der Waals surface area (Å²) >= 11 is 1.85. The molecular formula is C14H23N3S. The van der Waals surface area contributed by atoms with E-state index in [-0.39, 0.29) is 0 Å². The molecule has 100 valence electrons. The van der Waals surface area contributed by atoms with Gasteiger partial charge in [0.25, 0.3) is 0 Å². The van der Waals surface area contributed by atoms with Crippen LogP contribution in [0.3, 0.4) is 0 Å². The van der Waals surface area contributed by atoms with E-state index in [9.17, 15) is 0 Å². The summed E-state index contributed by atoms with van der Waals surface area (Å²) in [6.45, 7) is 7.75. The molecule has 1 aromatic heterocycles. The number of fused-ring (bicyclic) bond motifs is 1. The van der Waals surface area contributed by atoms with Crippen LogP contribution in [0.5, 0.6) is 0 Å². The van der Waals surface area contributed by atoms with Gasteiger partial charge in [0.05, 0.1) is 10.7 Å². The second-order valence-electron chi connectivity index (χ2n) is 5.95. The van der Waals surface area contributed by atoms with E-state index < -0.39 is 0 Å². The maximum atomic E-state index is 6.27. The number of hydrogen-bond donors (Lipinski definition) is 1. The average Bonchev–Trinajstić information content (AvgIpc) is 2.84. The highest BCUT2D eigenvalue weighted by molar-refractivity contribution is 7.11. The fraction of sp³-hybridized carbons (Fsp3) is 0.786. The molecule has 2 fully saturated rings. The van der Waals surface area contributed by atoms with E-state index >= 15 is 0 Å². The van der Waals surface area contributed by atoms with Gasteiger partial charge in [0.1, 0.15) is 0 Å². The highest BCUT2D eigenvalue weighted by Crippen LogP contribution is 2.36. The van der Waals surface area contributed by atoms with E-state index in [1.807, 2.05) is 11.3 Å². The van der Waals surface area contributed by atoms with Crippen LogP contribution in [-0.4, -0.2) is 29.0 Å². The van der Waals surface area contributed by atoms with Gasteiger partial charge in [-0.1, -0.05) is 6.42 Å². The largest absolute Gasteiger partial charge is 0.327 e. The third-order valence-corrected chi connectivity index (χ3v) is 5.65. The lowest BCUT2D eigenvalue weighted by Gasteiger charge is -2.29. The Hall–Kier alpha value is -0.450. The van der Waals surface area contributed by atoms with Crippen molar-refractivity contribution in [3.8, 4) is 0 Å². The molecule has 3 nitrogen and oxygen atoms in total. The molecule has 3 unspecified atom stereocenters. The quantitative estimate of drug-likeness (QED) is 0.892. The molecule has 4 heteroatoms. The van der Waals surface area contributed by atoms with Crippen molar-refractivity contribution in [2.75, 3.05) is 13.1 Å². The van der Waals surface area contributed by atoms with Crippen molar-refractivity contribution >= 4 is 11.3 Å². The van der Waals surface area contributed by atoms with Crippen molar-refractivity contribution in [2.24, 2.45) is 17.6 Å². The van der Waals surface area contributed by atoms with E-state index in [1.165, 1.54) is 47.9 Å². The normalized spacial score (nSPS) is 32.7. The molecule has 0 aromatic carbocycles. The zero-order chi connectivity index (χ0) is 12.7. The Bertz CT molecular complexity index is 429. The first-order valence-electron chi connectivity index (χ1n) is 7.04. The van der Waals surface area contributed by atoms with Gasteiger partial charge in [-0.2, -0.15) is 0 Å². The first-order valence-corrected chi connectivity index (χ1v) is 7.86. The van der Waals surface area contributed by atoms with Gasteiger partial charge >= 0.3 is 0 Å². The summed E-state index contributed by atoms with van der Waals surface area (Å²) in [4.78, 5) is 8.57. The minimum Gasteiger partial charge on any atom is -0.327 e. The molecule has 1 aliphatic carbocycles. The minimum atomic E-state index is 0.443. The van der Waals surface area contributed by atoms with Crippen molar-refractivity contribution < 1.29 is 0 Å². The predicted molar refractivity (Wildman–Crippen MR) is 75.7 cm³/mol. The van der Waals surface area contributed by atoms with Crippen LogP contribution in [0.2, 0.25) is 0 Å². The lowest BCUT2D eigenvalue weighted by Crippen LogP contribution is -2.38. The molecule has 0 amide bonds. The lowest BCUT2D eigenvalue weighted by molar-refractivity contribution is 0.259. The van der Waals surface area contributed by atoms with Crippen LogP contribution in [0.1, 0.15) is 34.8 Å². The van der Waals surface area contributed by atoms with E-state index in [1.54, 1.807) is 0 Å². The first-order chi connectivity index (χ1) is 8.63. The SMILES string of the molecule is Cc1nc(C)c(CN2CC3CCCC(N)C3C2)s1. The molecule has 3 rings (SSSR count). The van der Waals surface area contributed by atoms with E-state index in [4.69, 9.17) is 5.73 Å². The Morgan fingerprint density at radius 1 is 1.33 bits per heavy atom. The highest BCUT2D eigenvalue weighted by Gasteiger charge is 2.38. The monoisotopic (exact) mass is 265 g/mol. The molecule has 1 saturated heterocycles. The summed E-state index contributed by atoms with van der Waals surface area (Å²) < 4.78 is 0. The summed E-state index contributed by atoms with van der Waals surface area (Å²) in [5.74, 6) is 1.59. The number of aromatic nitrogens is 1. The highest BCUT2D eigenvalue weighted by atomic mass is 32.1. The minimum absolute atomic E-state index is 0.443. The Kier molecular flexibility index (Phi) is 3.43. The average molecular weight is 265 g/mol. The molecule has 0 bridgehead atoms. The number of nitrogens with zero attached hydrogens (tertiary/aromatic N) is 2. The number of rotatable bonds is 2. The number of aryl methyl sites for hydroxylation is 2. The predicted octanol–water partition coefficient (Wildman–Crippen LogP) is 2.32. The van der Waals surface area contributed by atoms with Gasteiger partial charge in [0, 0.05) is 30.6 Å². The second kappa shape index (κ2) is 4.91. The fourth-order valence-electron chi connectivity index (χ4n) is 3.66. The van der Waals surface area contributed by atoms with Gasteiger partial charge in [-0.05, 0) is 38.5 Å². The molecule has 2 N–H and O–H groups in total. The zero-order valence-electron chi connectivity index (χ0n) is 11.4. The van der Waals surface area contributed by atoms with E-state index in [0.717, 1.165) is 18.4 Å². The lowest BCUT2D eigenvalue weighted by atomic mass is 9.78. The maximum absolute atomic E-state index is 6.27. The molecule has 2 aliphatic rings. The molecule has 0 radical (unpaired) electrons. The smallest absolute Gasteiger partial charge is 0.0900 e. The second-order valence-corrected chi connectivity index (χ2v) is 7.24. The van der Waals surface area contributed by atoms with Gasteiger partial charge in [0.2, 0.25) is 0 Å². The van der Waals surface area contributed by atoms with Crippen molar-refractivity contribution in [2.45, 2.75) is 45.7 Å². The van der Waals surface area contributed by atoms with Crippen LogP contribution in [0.15, 0.2) is 0 Å².